The monoisotopic (exact) mass is 211 g/mol. The summed E-state index contributed by atoms with van der Waals surface area (Å²) in [7, 11) is 0. The van der Waals surface area contributed by atoms with E-state index in [0.717, 1.165) is 25.5 Å². The highest BCUT2D eigenvalue weighted by molar-refractivity contribution is 4.97. The summed E-state index contributed by atoms with van der Waals surface area (Å²) in [6.45, 7) is 8.84. The van der Waals surface area contributed by atoms with Crippen molar-refractivity contribution in [2.24, 2.45) is 5.92 Å². The van der Waals surface area contributed by atoms with Crippen molar-refractivity contribution < 1.29 is 9.15 Å². The van der Waals surface area contributed by atoms with Crippen LogP contribution in [0.4, 0.5) is 0 Å². The fourth-order valence-corrected chi connectivity index (χ4v) is 1.23. The fraction of sp³-hybridized carbons (Fsp3) is 0.667. The maximum Gasteiger partial charge on any atom is 0.117 e. The summed E-state index contributed by atoms with van der Waals surface area (Å²) in [4.78, 5) is 0. The van der Waals surface area contributed by atoms with Gasteiger partial charge in [0.05, 0.1) is 18.9 Å². The summed E-state index contributed by atoms with van der Waals surface area (Å²) in [5.41, 5.74) is 0. The molecule has 86 valence electrons. The Morgan fingerprint density at radius 3 is 2.80 bits per heavy atom. The zero-order valence-electron chi connectivity index (χ0n) is 9.82. The van der Waals surface area contributed by atoms with Crippen LogP contribution >= 0.6 is 0 Å². The molecule has 0 saturated carbocycles. The molecular formula is C12H21NO2. The largest absolute Gasteiger partial charge is 0.468 e. The molecule has 1 aromatic heterocycles. The van der Waals surface area contributed by atoms with Gasteiger partial charge < -0.3 is 14.5 Å². The van der Waals surface area contributed by atoms with Gasteiger partial charge >= 0.3 is 0 Å². The first-order chi connectivity index (χ1) is 7.18. The number of furan rings is 1. The second-order valence-corrected chi connectivity index (χ2v) is 4.25. The number of hydrogen-bond acceptors (Lipinski definition) is 3. The molecule has 3 nitrogen and oxygen atoms in total. The summed E-state index contributed by atoms with van der Waals surface area (Å²) in [5, 5.41) is 3.29. The van der Waals surface area contributed by atoms with Gasteiger partial charge in [0.1, 0.15) is 5.76 Å². The summed E-state index contributed by atoms with van der Waals surface area (Å²) >= 11 is 0. The van der Waals surface area contributed by atoms with E-state index in [-0.39, 0.29) is 6.10 Å². The normalized spacial score (nSPS) is 13.3. The van der Waals surface area contributed by atoms with Gasteiger partial charge in [-0.15, -0.1) is 0 Å². The molecule has 0 spiro atoms. The zero-order valence-corrected chi connectivity index (χ0v) is 9.82. The van der Waals surface area contributed by atoms with Gasteiger partial charge in [-0.25, -0.2) is 0 Å². The Hall–Kier alpha value is -0.800. The van der Waals surface area contributed by atoms with E-state index in [2.05, 4.69) is 26.1 Å². The van der Waals surface area contributed by atoms with E-state index in [4.69, 9.17) is 9.15 Å². The molecule has 1 aromatic rings. The quantitative estimate of drug-likeness (QED) is 0.752. The van der Waals surface area contributed by atoms with Gasteiger partial charge in [-0.3, -0.25) is 0 Å². The molecule has 0 radical (unpaired) electrons. The van der Waals surface area contributed by atoms with Crippen molar-refractivity contribution in [2.75, 3.05) is 13.2 Å². The number of rotatable bonds is 7. The van der Waals surface area contributed by atoms with Crippen LogP contribution < -0.4 is 5.32 Å². The third kappa shape index (κ3) is 5.60. The van der Waals surface area contributed by atoms with Gasteiger partial charge in [-0.1, -0.05) is 13.8 Å². The Morgan fingerprint density at radius 2 is 2.20 bits per heavy atom. The predicted octanol–water partition coefficient (Wildman–Crippen LogP) is 2.43. The molecule has 0 aromatic carbocycles. The van der Waals surface area contributed by atoms with Gasteiger partial charge in [0, 0.05) is 13.2 Å². The average Bonchev–Trinajstić information content (AvgIpc) is 2.67. The van der Waals surface area contributed by atoms with E-state index in [1.807, 2.05) is 12.1 Å². The maximum atomic E-state index is 5.63. The third-order valence-electron chi connectivity index (χ3n) is 2.03. The van der Waals surface area contributed by atoms with Crippen LogP contribution in [-0.2, 0) is 11.3 Å². The second kappa shape index (κ2) is 6.64. The molecule has 0 fully saturated rings. The van der Waals surface area contributed by atoms with Crippen LogP contribution in [0.2, 0.25) is 0 Å². The van der Waals surface area contributed by atoms with Gasteiger partial charge in [0.25, 0.3) is 0 Å². The first-order valence-corrected chi connectivity index (χ1v) is 5.53. The molecule has 1 heterocycles. The van der Waals surface area contributed by atoms with Crippen molar-refractivity contribution in [2.45, 2.75) is 33.4 Å². The summed E-state index contributed by atoms with van der Waals surface area (Å²) < 4.78 is 10.8. The molecule has 0 bridgehead atoms. The molecule has 0 saturated heterocycles. The van der Waals surface area contributed by atoms with E-state index < -0.39 is 0 Å². The van der Waals surface area contributed by atoms with E-state index in [9.17, 15) is 0 Å². The van der Waals surface area contributed by atoms with Crippen molar-refractivity contribution >= 4 is 0 Å². The minimum Gasteiger partial charge on any atom is -0.468 e. The molecule has 0 aliphatic rings. The topological polar surface area (TPSA) is 34.4 Å². The SMILES string of the molecule is CC(C)COC(C)CNCc1ccco1. The number of hydrogen-bond donors (Lipinski definition) is 1. The van der Waals surface area contributed by atoms with Gasteiger partial charge in [0.2, 0.25) is 0 Å². The maximum absolute atomic E-state index is 5.63. The molecule has 0 aliphatic heterocycles. The van der Waals surface area contributed by atoms with Crippen molar-refractivity contribution in [1.82, 2.24) is 5.32 Å². The lowest BCUT2D eigenvalue weighted by Crippen LogP contribution is -2.27. The fourth-order valence-electron chi connectivity index (χ4n) is 1.23. The predicted molar refractivity (Wildman–Crippen MR) is 60.7 cm³/mol. The Kier molecular flexibility index (Phi) is 5.43. The van der Waals surface area contributed by atoms with E-state index in [1.165, 1.54) is 0 Å². The molecule has 1 N–H and O–H groups in total. The lowest BCUT2D eigenvalue weighted by atomic mass is 10.2. The molecule has 15 heavy (non-hydrogen) atoms. The van der Waals surface area contributed by atoms with Gasteiger partial charge in [-0.05, 0) is 25.0 Å². The minimum absolute atomic E-state index is 0.252. The van der Waals surface area contributed by atoms with Crippen LogP contribution in [0.15, 0.2) is 22.8 Å². The van der Waals surface area contributed by atoms with Crippen molar-refractivity contribution in [3.8, 4) is 0 Å². The summed E-state index contributed by atoms with van der Waals surface area (Å²) in [6.07, 6.45) is 1.94. The smallest absolute Gasteiger partial charge is 0.117 e. The number of ether oxygens (including phenoxy) is 1. The van der Waals surface area contributed by atoms with E-state index in [1.54, 1.807) is 6.26 Å². The van der Waals surface area contributed by atoms with E-state index in [0.29, 0.717) is 5.92 Å². The van der Waals surface area contributed by atoms with Crippen LogP contribution in [0.1, 0.15) is 26.5 Å². The standard InChI is InChI=1S/C12H21NO2/c1-10(2)9-15-11(3)7-13-8-12-5-4-6-14-12/h4-6,10-11,13H,7-9H2,1-3H3. The Bertz CT molecular complexity index is 244. The van der Waals surface area contributed by atoms with Crippen LogP contribution in [0.25, 0.3) is 0 Å². The molecule has 1 atom stereocenters. The number of nitrogens with one attached hydrogen (secondary N) is 1. The highest BCUT2D eigenvalue weighted by Crippen LogP contribution is 2.00. The molecule has 3 heteroatoms. The first-order valence-electron chi connectivity index (χ1n) is 5.53. The molecular weight excluding hydrogens is 190 g/mol. The Balaban J connectivity index is 2.04. The molecule has 1 rings (SSSR count). The summed E-state index contributed by atoms with van der Waals surface area (Å²) in [5.74, 6) is 1.56. The van der Waals surface area contributed by atoms with Crippen LogP contribution in [0, 0.1) is 5.92 Å². The highest BCUT2D eigenvalue weighted by atomic mass is 16.5. The Labute approximate surface area is 91.8 Å². The third-order valence-corrected chi connectivity index (χ3v) is 2.03. The Morgan fingerprint density at radius 1 is 1.40 bits per heavy atom. The van der Waals surface area contributed by atoms with E-state index >= 15 is 0 Å². The van der Waals surface area contributed by atoms with Crippen LogP contribution in [-0.4, -0.2) is 19.3 Å². The van der Waals surface area contributed by atoms with Gasteiger partial charge in [-0.2, -0.15) is 0 Å². The van der Waals surface area contributed by atoms with Crippen LogP contribution in [0.3, 0.4) is 0 Å². The average molecular weight is 211 g/mol. The lowest BCUT2D eigenvalue weighted by molar-refractivity contribution is 0.0473. The highest BCUT2D eigenvalue weighted by Gasteiger charge is 2.03. The van der Waals surface area contributed by atoms with Crippen LogP contribution in [0.5, 0.6) is 0 Å². The molecule has 0 amide bonds. The second-order valence-electron chi connectivity index (χ2n) is 4.25. The molecule has 1 unspecified atom stereocenters. The molecule has 0 aliphatic carbocycles. The van der Waals surface area contributed by atoms with Crippen molar-refractivity contribution in [3.05, 3.63) is 24.2 Å². The zero-order chi connectivity index (χ0) is 11.1. The van der Waals surface area contributed by atoms with Crippen molar-refractivity contribution in [3.63, 3.8) is 0 Å². The lowest BCUT2D eigenvalue weighted by Gasteiger charge is -2.14. The van der Waals surface area contributed by atoms with Gasteiger partial charge in [0.15, 0.2) is 0 Å². The summed E-state index contributed by atoms with van der Waals surface area (Å²) in [6, 6.07) is 3.86. The first kappa shape index (κ1) is 12.3. The minimum atomic E-state index is 0.252. The van der Waals surface area contributed by atoms with Crippen molar-refractivity contribution in [1.29, 1.82) is 0 Å².